The van der Waals surface area contributed by atoms with Gasteiger partial charge in [0.15, 0.2) is 5.16 Å². The topological polar surface area (TPSA) is 69.9 Å². The van der Waals surface area contributed by atoms with Crippen molar-refractivity contribution in [1.82, 2.24) is 14.8 Å². The van der Waals surface area contributed by atoms with Crippen molar-refractivity contribution < 1.29 is 4.42 Å². The van der Waals surface area contributed by atoms with Gasteiger partial charge in [-0.3, -0.25) is 4.57 Å². The Bertz CT molecular complexity index is 409. The largest absolute Gasteiger partial charge is 0.468 e. The maximum Gasteiger partial charge on any atom is 0.222 e. The number of hydrogen-bond acceptors (Lipinski definition) is 5. The molecule has 0 saturated heterocycles. The third-order valence-electron chi connectivity index (χ3n) is 1.79. The monoisotopic (exact) mass is 210 g/mol. The number of aromatic nitrogens is 3. The number of anilines is 1. The van der Waals surface area contributed by atoms with E-state index in [4.69, 9.17) is 10.2 Å². The second-order valence-corrected chi connectivity index (χ2v) is 3.71. The van der Waals surface area contributed by atoms with Crippen LogP contribution >= 0.6 is 11.8 Å². The maximum atomic E-state index is 5.54. The van der Waals surface area contributed by atoms with Gasteiger partial charge in [0.05, 0.1) is 12.0 Å². The first-order chi connectivity index (χ1) is 6.77. The first-order valence-corrected chi connectivity index (χ1v) is 5.06. The van der Waals surface area contributed by atoms with Gasteiger partial charge in [-0.1, -0.05) is 11.8 Å². The lowest BCUT2D eigenvalue weighted by Crippen LogP contribution is -1.97. The summed E-state index contributed by atoms with van der Waals surface area (Å²) in [6, 6.07) is 3.79. The van der Waals surface area contributed by atoms with Crippen molar-refractivity contribution in [2.75, 3.05) is 5.73 Å². The fourth-order valence-corrected chi connectivity index (χ4v) is 1.80. The summed E-state index contributed by atoms with van der Waals surface area (Å²) in [5, 5.41) is 8.47. The molecule has 6 heteroatoms. The van der Waals surface area contributed by atoms with Gasteiger partial charge in [-0.15, -0.1) is 10.2 Å². The molecule has 0 aliphatic heterocycles. The zero-order valence-electron chi connectivity index (χ0n) is 7.67. The Balaban J connectivity index is 2.02. The quantitative estimate of drug-likeness (QED) is 0.773. The van der Waals surface area contributed by atoms with Crippen LogP contribution in [0.25, 0.3) is 0 Å². The van der Waals surface area contributed by atoms with Crippen LogP contribution in [-0.2, 0) is 12.8 Å². The Morgan fingerprint density at radius 1 is 1.57 bits per heavy atom. The predicted molar refractivity (Wildman–Crippen MR) is 53.7 cm³/mol. The number of nitrogens with two attached hydrogens (primary N) is 1. The summed E-state index contributed by atoms with van der Waals surface area (Å²) in [5.41, 5.74) is 5.54. The summed E-state index contributed by atoms with van der Waals surface area (Å²) < 4.78 is 6.94. The molecule has 14 heavy (non-hydrogen) atoms. The molecule has 0 bridgehead atoms. The van der Waals surface area contributed by atoms with Crippen molar-refractivity contribution in [1.29, 1.82) is 0 Å². The van der Waals surface area contributed by atoms with Crippen LogP contribution in [0.5, 0.6) is 0 Å². The summed E-state index contributed by atoms with van der Waals surface area (Å²) in [4.78, 5) is 0. The molecule has 0 spiro atoms. The van der Waals surface area contributed by atoms with Crippen molar-refractivity contribution in [3.8, 4) is 0 Å². The molecular weight excluding hydrogens is 200 g/mol. The molecule has 0 saturated carbocycles. The number of rotatable bonds is 3. The fraction of sp³-hybridized carbons (Fsp3) is 0.250. The van der Waals surface area contributed by atoms with E-state index in [1.807, 2.05) is 19.2 Å². The fourth-order valence-electron chi connectivity index (χ4n) is 0.982. The standard InChI is InChI=1S/C8H10N4OS/c1-12-7(9)10-11-8(12)14-5-6-3-2-4-13-6/h2-4H,5H2,1H3,(H2,9,10). The molecule has 2 aromatic heterocycles. The van der Waals surface area contributed by atoms with Gasteiger partial charge < -0.3 is 10.2 Å². The van der Waals surface area contributed by atoms with Gasteiger partial charge in [-0.25, -0.2) is 0 Å². The number of nitrogen functional groups attached to an aromatic ring is 1. The molecule has 2 N–H and O–H groups in total. The van der Waals surface area contributed by atoms with Crippen molar-refractivity contribution in [3.05, 3.63) is 24.2 Å². The van der Waals surface area contributed by atoms with E-state index in [9.17, 15) is 0 Å². The van der Waals surface area contributed by atoms with Gasteiger partial charge in [0.2, 0.25) is 5.95 Å². The molecule has 5 nitrogen and oxygen atoms in total. The Kier molecular flexibility index (Phi) is 2.45. The van der Waals surface area contributed by atoms with E-state index in [0.717, 1.165) is 16.7 Å². The molecule has 2 rings (SSSR count). The van der Waals surface area contributed by atoms with Crippen LogP contribution in [0, 0.1) is 0 Å². The molecule has 0 atom stereocenters. The lowest BCUT2D eigenvalue weighted by Gasteiger charge is -1.98. The zero-order valence-corrected chi connectivity index (χ0v) is 8.49. The first kappa shape index (κ1) is 9.14. The van der Waals surface area contributed by atoms with Crippen LogP contribution in [0.15, 0.2) is 28.0 Å². The lowest BCUT2D eigenvalue weighted by atomic mass is 10.5. The number of furan rings is 1. The summed E-state index contributed by atoms with van der Waals surface area (Å²) >= 11 is 1.54. The van der Waals surface area contributed by atoms with Crippen molar-refractivity contribution in [2.45, 2.75) is 10.9 Å². The molecule has 2 aromatic rings. The van der Waals surface area contributed by atoms with Crippen LogP contribution in [0.4, 0.5) is 5.95 Å². The minimum absolute atomic E-state index is 0.423. The van der Waals surface area contributed by atoms with E-state index in [0.29, 0.717) is 5.95 Å². The minimum Gasteiger partial charge on any atom is -0.468 e. The third-order valence-corrected chi connectivity index (χ3v) is 2.83. The Labute approximate surface area is 85.3 Å². The van der Waals surface area contributed by atoms with Crippen LogP contribution in [-0.4, -0.2) is 14.8 Å². The Hall–Kier alpha value is -1.43. The average Bonchev–Trinajstić information content (AvgIpc) is 2.77. The molecule has 74 valence electrons. The van der Waals surface area contributed by atoms with Crippen molar-refractivity contribution >= 4 is 17.7 Å². The van der Waals surface area contributed by atoms with E-state index in [-0.39, 0.29) is 0 Å². The third kappa shape index (κ3) is 1.74. The van der Waals surface area contributed by atoms with E-state index < -0.39 is 0 Å². The van der Waals surface area contributed by atoms with Crippen LogP contribution < -0.4 is 5.73 Å². The highest BCUT2D eigenvalue weighted by molar-refractivity contribution is 7.98. The van der Waals surface area contributed by atoms with Gasteiger partial charge in [0.1, 0.15) is 5.76 Å². The smallest absolute Gasteiger partial charge is 0.222 e. The lowest BCUT2D eigenvalue weighted by molar-refractivity contribution is 0.530. The molecule has 0 radical (unpaired) electrons. The molecule has 0 unspecified atom stereocenters. The van der Waals surface area contributed by atoms with Crippen LogP contribution in [0.1, 0.15) is 5.76 Å². The van der Waals surface area contributed by atoms with Gasteiger partial charge >= 0.3 is 0 Å². The molecule has 0 aromatic carbocycles. The SMILES string of the molecule is Cn1c(N)nnc1SCc1ccco1. The van der Waals surface area contributed by atoms with Gasteiger partial charge in [0, 0.05) is 7.05 Å². The Morgan fingerprint density at radius 2 is 2.43 bits per heavy atom. The second kappa shape index (κ2) is 3.75. The molecule has 0 amide bonds. The zero-order chi connectivity index (χ0) is 9.97. The van der Waals surface area contributed by atoms with Crippen LogP contribution in [0.2, 0.25) is 0 Å². The predicted octanol–water partition coefficient (Wildman–Crippen LogP) is 1.28. The van der Waals surface area contributed by atoms with Crippen molar-refractivity contribution in [2.24, 2.45) is 7.05 Å². The molecule has 0 aliphatic carbocycles. The highest BCUT2D eigenvalue weighted by Gasteiger charge is 2.06. The highest BCUT2D eigenvalue weighted by Crippen LogP contribution is 2.21. The van der Waals surface area contributed by atoms with E-state index >= 15 is 0 Å². The molecule has 0 aliphatic rings. The second-order valence-electron chi connectivity index (χ2n) is 2.77. The van der Waals surface area contributed by atoms with Gasteiger partial charge in [0.25, 0.3) is 0 Å². The van der Waals surface area contributed by atoms with Gasteiger partial charge in [-0.05, 0) is 12.1 Å². The Morgan fingerprint density at radius 3 is 3.00 bits per heavy atom. The summed E-state index contributed by atoms with van der Waals surface area (Å²) in [6.07, 6.45) is 1.65. The number of hydrogen-bond donors (Lipinski definition) is 1. The van der Waals surface area contributed by atoms with E-state index in [2.05, 4.69) is 10.2 Å². The van der Waals surface area contributed by atoms with E-state index in [1.165, 1.54) is 0 Å². The number of thioether (sulfide) groups is 1. The number of nitrogens with zero attached hydrogens (tertiary/aromatic N) is 3. The minimum atomic E-state index is 0.423. The first-order valence-electron chi connectivity index (χ1n) is 4.07. The molecule has 0 fully saturated rings. The highest BCUT2D eigenvalue weighted by atomic mass is 32.2. The van der Waals surface area contributed by atoms with E-state index in [1.54, 1.807) is 22.6 Å². The maximum absolute atomic E-state index is 5.54. The summed E-state index contributed by atoms with van der Waals surface area (Å²) in [5.74, 6) is 2.07. The summed E-state index contributed by atoms with van der Waals surface area (Å²) in [7, 11) is 1.83. The average molecular weight is 210 g/mol. The van der Waals surface area contributed by atoms with Crippen LogP contribution in [0.3, 0.4) is 0 Å². The normalized spacial score (nSPS) is 10.6. The van der Waals surface area contributed by atoms with Gasteiger partial charge in [-0.2, -0.15) is 0 Å². The molecule has 2 heterocycles. The molecular formula is C8H10N4OS. The van der Waals surface area contributed by atoms with Crippen molar-refractivity contribution in [3.63, 3.8) is 0 Å². The summed E-state index contributed by atoms with van der Waals surface area (Å²) in [6.45, 7) is 0.